The van der Waals surface area contributed by atoms with Gasteiger partial charge in [-0.1, -0.05) is 19.8 Å². The normalized spacial score (nSPS) is 31.8. The summed E-state index contributed by atoms with van der Waals surface area (Å²) >= 11 is 0. The maximum atomic E-state index is 12.1. The lowest BCUT2D eigenvalue weighted by Crippen LogP contribution is -2.42. The number of nitrogens with one attached hydrogen (secondary N) is 2. The molecule has 1 saturated carbocycles. The molecule has 98 valence electrons. The molecule has 2 rings (SSSR count). The largest absolute Gasteiger partial charge is 0.353 e. The average molecular weight is 238 g/mol. The molecule has 0 spiro atoms. The highest BCUT2D eigenvalue weighted by atomic mass is 16.1. The molecule has 1 heterocycles. The summed E-state index contributed by atoms with van der Waals surface area (Å²) in [7, 11) is 0. The maximum Gasteiger partial charge on any atom is 0.223 e. The fraction of sp³-hybridized carbons (Fsp3) is 0.929. The number of rotatable bonds is 2. The van der Waals surface area contributed by atoms with Gasteiger partial charge in [0.1, 0.15) is 0 Å². The predicted octanol–water partition coefficient (Wildman–Crippen LogP) is 2.07. The number of carbonyl (C=O) groups excluding carboxylic acids is 1. The van der Waals surface area contributed by atoms with Crippen LogP contribution < -0.4 is 10.6 Å². The zero-order valence-corrected chi connectivity index (χ0v) is 11.0. The lowest BCUT2D eigenvalue weighted by atomic mass is 9.96. The number of carbonyl (C=O) groups is 1. The monoisotopic (exact) mass is 238 g/mol. The van der Waals surface area contributed by atoms with E-state index in [9.17, 15) is 4.79 Å². The molecule has 1 aliphatic heterocycles. The van der Waals surface area contributed by atoms with Gasteiger partial charge in [-0.3, -0.25) is 4.79 Å². The minimum Gasteiger partial charge on any atom is -0.353 e. The maximum absolute atomic E-state index is 12.1. The number of hydrogen-bond acceptors (Lipinski definition) is 2. The molecule has 2 atom stereocenters. The second kappa shape index (κ2) is 6.39. The van der Waals surface area contributed by atoms with E-state index in [1.165, 1.54) is 32.1 Å². The van der Waals surface area contributed by atoms with Crippen molar-refractivity contribution in [3.63, 3.8) is 0 Å². The van der Waals surface area contributed by atoms with E-state index in [1.807, 2.05) is 0 Å². The summed E-state index contributed by atoms with van der Waals surface area (Å²) < 4.78 is 0. The minimum absolute atomic E-state index is 0.261. The average Bonchev–Trinajstić information content (AvgIpc) is 2.56. The van der Waals surface area contributed by atoms with Crippen LogP contribution in [0.1, 0.15) is 51.9 Å². The molecular formula is C14H26N2O. The Bertz CT molecular complexity index is 249. The number of amides is 1. The molecular weight excluding hydrogens is 212 g/mol. The third-order valence-corrected chi connectivity index (χ3v) is 4.31. The summed E-state index contributed by atoms with van der Waals surface area (Å²) in [6.07, 6.45) is 8.26. The van der Waals surface area contributed by atoms with E-state index < -0.39 is 0 Å². The molecule has 0 radical (unpaired) electrons. The van der Waals surface area contributed by atoms with Crippen molar-refractivity contribution in [1.82, 2.24) is 10.6 Å². The van der Waals surface area contributed by atoms with Crippen molar-refractivity contribution >= 4 is 5.91 Å². The van der Waals surface area contributed by atoms with Gasteiger partial charge in [0, 0.05) is 12.0 Å². The lowest BCUT2D eigenvalue weighted by Gasteiger charge is -2.25. The molecule has 0 aromatic heterocycles. The van der Waals surface area contributed by atoms with Crippen molar-refractivity contribution in [2.75, 3.05) is 13.1 Å². The van der Waals surface area contributed by atoms with E-state index in [4.69, 9.17) is 0 Å². The minimum atomic E-state index is 0.261. The fourth-order valence-electron chi connectivity index (χ4n) is 3.03. The SMILES string of the molecule is CC1CCCC(NC(=O)C2CCNCC2)CC1. The van der Waals surface area contributed by atoms with Crippen molar-refractivity contribution in [1.29, 1.82) is 0 Å². The predicted molar refractivity (Wildman–Crippen MR) is 69.8 cm³/mol. The highest BCUT2D eigenvalue weighted by Gasteiger charge is 2.24. The molecule has 1 saturated heterocycles. The summed E-state index contributed by atoms with van der Waals surface area (Å²) in [5.74, 6) is 1.42. The van der Waals surface area contributed by atoms with Gasteiger partial charge in [0.05, 0.1) is 0 Å². The van der Waals surface area contributed by atoms with Crippen molar-refractivity contribution < 1.29 is 4.79 Å². The van der Waals surface area contributed by atoms with Crippen LogP contribution in [0.15, 0.2) is 0 Å². The first kappa shape index (κ1) is 12.9. The molecule has 17 heavy (non-hydrogen) atoms. The first-order valence-corrected chi connectivity index (χ1v) is 7.27. The van der Waals surface area contributed by atoms with Crippen LogP contribution in [0.5, 0.6) is 0 Å². The van der Waals surface area contributed by atoms with E-state index in [2.05, 4.69) is 17.6 Å². The van der Waals surface area contributed by atoms with Gasteiger partial charge in [-0.05, 0) is 51.1 Å². The summed E-state index contributed by atoms with van der Waals surface area (Å²) in [6.45, 7) is 4.33. The van der Waals surface area contributed by atoms with Gasteiger partial charge < -0.3 is 10.6 Å². The molecule has 0 bridgehead atoms. The second-order valence-electron chi connectivity index (χ2n) is 5.84. The molecule has 2 fully saturated rings. The Kier molecular flexibility index (Phi) is 4.84. The van der Waals surface area contributed by atoms with Crippen LogP contribution >= 0.6 is 0 Å². The van der Waals surface area contributed by atoms with Crippen molar-refractivity contribution in [2.45, 2.75) is 57.9 Å². The van der Waals surface area contributed by atoms with Gasteiger partial charge in [0.15, 0.2) is 0 Å². The second-order valence-corrected chi connectivity index (χ2v) is 5.84. The highest BCUT2D eigenvalue weighted by Crippen LogP contribution is 2.23. The quantitative estimate of drug-likeness (QED) is 0.723. The molecule has 2 aliphatic rings. The Hall–Kier alpha value is -0.570. The number of hydrogen-bond donors (Lipinski definition) is 2. The van der Waals surface area contributed by atoms with Crippen molar-refractivity contribution in [2.24, 2.45) is 11.8 Å². The highest BCUT2D eigenvalue weighted by molar-refractivity contribution is 5.79. The molecule has 2 unspecified atom stereocenters. The topological polar surface area (TPSA) is 41.1 Å². The molecule has 1 aliphatic carbocycles. The molecule has 3 heteroatoms. The Morgan fingerprint density at radius 3 is 2.59 bits per heavy atom. The Morgan fingerprint density at radius 1 is 1.06 bits per heavy atom. The van der Waals surface area contributed by atoms with Gasteiger partial charge in [0.2, 0.25) is 5.91 Å². The fourth-order valence-corrected chi connectivity index (χ4v) is 3.03. The zero-order chi connectivity index (χ0) is 12.1. The van der Waals surface area contributed by atoms with Crippen molar-refractivity contribution in [3.05, 3.63) is 0 Å². The van der Waals surface area contributed by atoms with Crippen LogP contribution in [-0.4, -0.2) is 25.0 Å². The summed E-state index contributed by atoms with van der Waals surface area (Å²) in [4.78, 5) is 12.1. The van der Waals surface area contributed by atoms with E-state index in [-0.39, 0.29) is 5.92 Å². The third kappa shape index (κ3) is 3.98. The van der Waals surface area contributed by atoms with E-state index >= 15 is 0 Å². The standard InChI is InChI=1S/C14H26N2O/c1-11-3-2-4-13(6-5-11)16-14(17)12-7-9-15-10-8-12/h11-13,15H,2-10H2,1H3,(H,16,17). The van der Waals surface area contributed by atoms with Gasteiger partial charge in [-0.2, -0.15) is 0 Å². The molecule has 0 aromatic carbocycles. The van der Waals surface area contributed by atoms with E-state index in [1.54, 1.807) is 0 Å². The van der Waals surface area contributed by atoms with Crippen LogP contribution in [0, 0.1) is 11.8 Å². The molecule has 3 nitrogen and oxygen atoms in total. The lowest BCUT2D eigenvalue weighted by molar-refractivity contribution is -0.126. The van der Waals surface area contributed by atoms with Gasteiger partial charge in [-0.15, -0.1) is 0 Å². The summed E-state index contributed by atoms with van der Waals surface area (Å²) in [6, 6.07) is 0.447. The Labute approximate surface area is 105 Å². The Morgan fingerprint density at radius 2 is 1.82 bits per heavy atom. The Balaban J connectivity index is 1.76. The van der Waals surface area contributed by atoms with Crippen LogP contribution in [-0.2, 0) is 4.79 Å². The zero-order valence-electron chi connectivity index (χ0n) is 11.0. The van der Waals surface area contributed by atoms with E-state index in [0.717, 1.165) is 31.8 Å². The van der Waals surface area contributed by atoms with Gasteiger partial charge in [0.25, 0.3) is 0 Å². The van der Waals surface area contributed by atoms with Crippen LogP contribution in [0.4, 0.5) is 0 Å². The first-order valence-electron chi connectivity index (χ1n) is 7.27. The van der Waals surface area contributed by atoms with Crippen LogP contribution in [0.25, 0.3) is 0 Å². The molecule has 1 amide bonds. The van der Waals surface area contributed by atoms with Crippen LogP contribution in [0.3, 0.4) is 0 Å². The van der Waals surface area contributed by atoms with E-state index in [0.29, 0.717) is 11.9 Å². The molecule has 0 aromatic rings. The smallest absolute Gasteiger partial charge is 0.223 e. The first-order chi connectivity index (χ1) is 8.25. The van der Waals surface area contributed by atoms with Crippen molar-refractivity contribution in [3.8, 4) is 0 Å². The van der Waals surface area contributed by atoms with Gasteiger partial charge >= 0.3 is 0 Å². The third-order valence-electron chi connectivity index (χ3n) is 4.31. The summed E-state index contributed by atoms with van der Waals surface area (Å²) in [5, 5.41) is 6.59. The molecule has 2 N–H and O–H groups in total. The van der Waals surface area contributed by atoms with Gasteiger partial charge in [-0.25, -0.2) is 0 Å². The number of piperidine rings is 1. The summed E-state index contributed by atoms with van der Waals surface area (Å²) in [5.41, 5.74) is 0. The van der Waals surface area contributed by atoms with Crippen LogP contribution in [0.2, 0.25) is 0 Å².